The number of rotatable bonds is 5. The van der Waals surface area contributed by atoms with E-state index < -0.39 is 11.7 Å². The highest BCUT2D eigenvalue weighted by molar-refractivity contribution is 7.17. The number of thiophene rings is 1. The molecule has 0 unspecified atom stereocenters. The smallest absolute Gasteiger partial charge is 0.416 e. The Kier molecular flexibility index (Phi) is 5.58. The van der Waals surface area contributed by atoms with Crippen LogP contribution in [0.3, 0.4) is 0 Å². The molecule has 3 aromatic rings. The highest BCUT2D eigenvalue weighted by Crippen LogP contribution is 2.33. The van der Waals surface area contributed by atoms with Crippen LogP contribution in [0.25, 0.3) is 10.4 Å². The van der Waals surface area contributed by atoms with E-state index in [4.69, 9.17) is 11.6 Å². The van der Waals surface area contributed by atoms with Crippen molar-refractivity contribution in [2.24, 2.45) is 0 Å². The van der Waals surface area contributed by atoms with Crippen molar-refractivity contribution < 1.29 is 23.1 Å². The molecule has 0 atom stereocenters. The van der Waals surface area contributed by atoms with Gasteiger partial charge in [-0.3, -0.25) is 4.79 Å². The lowest BCUT2D eigenvalue weighted by Crippen LogP contribution is -2.03. The molecular weight excluding hydrogens is 397 g/mol. The fourth-order valence-corrected chi connectivity index (χ4v) is 3.74. The van der Waals surface area contributed by atoms with E-state index in [0.717, 1.165) is 22.6 Å². The Morgan fingerprint density at radius 3 is 2.37 bits per heavy atom. The van der Waals surface area contributed by atoms with Crippen molar-refractivity contribution in [3.8, 4) is 16.2 Å². The van der Waals surface area contributed by atoms with E-state index in [1.165, 1.54) is 29.5 Å². The topological polar surface area (TPSA) is 37.3 Å². The molecule has 27 heavy (non-hydrogen) atoms. The first-order valence-electron chi connectivity index (χ1n) is 8.02. The molecule has 0 radical (unpaired) electrons. The number of phenolic OH excluding ortho intramolecular Hbond substituents is 1. The van der Waals surface area contributed by atoms with Crippen LogP contribution in [-0.2, 0) is 12.6 Å². The van der Waals surface area contributed by atoms with E-state index in [0.29, 0.717) is 16.9 Å². The molecule has 7 heteroatoms. The van der Waals surface area contributed by atoms with Crippen LogP contribution in [-0.4, -0.2) is 10.9 Å². The van der Waals surface area contributed by atoms with Crippen molar-refractivity contribution >= 4 is 28.7 Å². The third kappa shape index (κ3) is 4.70. The molecule has 2 nitrogen and oxygen atoms in total. The summed E-state index contributed by atoms with van der Waals surface area (Å²) in [4.78, 5) is 13.7. The summed E-state index contributed by atoms with van der Waals surface area (Å²) < 4.78 is 37.9. The maximum atomic E-state index is 12.6. The molecule has 0 spiro atoms. The van der Waals surface area contributed by atoms with Gasteiger partial charge in [0.2, 0.25) is 0 Å². The number of phenols is 1. The first-order valence-corrected chi connectivity index (χ1v) is 9.21. The van der Waals surface area contributed by atoms with E-state index in [1.54, 1.807) is 24.3 Å². The summed E-state index contributed by atoms with van der Waals surface area (Å²) in [5, 5.41) is 9.65. The SMILES string of the molecule is O=C(CCc1ccc(O)c(Cl)c1)c1ccc(-c2ccc(C(F)(F)F)cc2)s1. The zero-order valence-corrected chi connectivity index (χ0v) is 15.5. The van der Waals surface area contributed by atoms with E-state index in [9.17, 15) is 23.1 Å². The predicted octanol–water partition coefficient (Wildman–Crippen LogP) is 6.61. The van der Waals surface area contributed by atoms with Crippen molar-refractivity contribution in [2.45, 2.75) is 19.0 Å². The average Bonchev–Trinajstić information content (AvgIpc) is 3.12. The Bertz CT molecular complexity index is 962. The lowest BCUT2D eigenvalue weighted by atomic mass is 10.1. The molecule has 0 aliphatic rings. The van der Waals surface area contributed by atoms with Crippen molar-refractivity contribution in [3.63, 3.8) is 0 Å². The maximum Gasteiger partial charge on any atom is 0.416 e. The van der Waals surface area contributed by atoms with E-state index in [1.807, 2.05) is 0 Å². The summed E-state index contributed by atoms with van der Waals surface area (Å²) in [5.41, 5.74) is 0.773. The molecular formula is C20H14ClF3O2S. The fourth-order valence-electron chi connectivity index (χ4n) is 2.55. The van der Waals surface area contributed by atoms with Crippen molar-refractivity contribution in [1.29, 1.82) is 0 Å². The third-order valence-electron chi connectivity index (χ3n) is 4.03. The van der Waals surface area contributed by atoms with Gasteiger partial charge in [-0.25, -0.2) is 0 Å². The minimum absolute atomic E-state index is 0.00816. The third-order valence-corrected chi connectivity index (χ3v) is 5.51. The standard InChI is InChI=1S/C20H14ClF3O2S/c21-15-11-12(1-7-16(15)25)2-8-17(26)19-10-9-18(27-19)13-3-5-14(6-4-13)20(22,23)24/h1,3-7,9-11,25H,2,8H2. The van der Waals surface area contributed by atoms with Gasteiger partial charge >= 0.3 is 6.18 Å². The molecule has 3 rings (SSSR count). The Hall–Kier alpha value is -2.31. The Labute approximate surface area is 162 Å². The molecule has 1 aromatic heterocycles. The van der Waals surface area contributed by atoms with E-state index in [-0.39, 0.29) is 23.0 Å². The number of hydrogen-bond acceptors (Lipinski definition) is 3. The highest BCUT2D eigenvalue weighted by Gasteiger charge is 2.30. The summed E-state index contributed by atoms with van der Waals surface area (Å²) in [5.74, 6) is -0.0615. The number of halogens is 4. The summed E-state index contributed by atoms with van der Waals surface area (Å²) in [6.45, 7) is 0. The van der Waals surface area contributed by atoms with Crippen molar-refractivity contribution in [1.82, 2.24) is 0 Å². The zero-order chi connectivity index (χ0) is 19.6. The molecule has 0 aliphatic heterocycles. The quantitative estimate of drug-likeness (QED) is 0.480. The fraction of sp³-hybridized carbons (Fsp3) is 0.150. The first kappa shape index (κ1) is 19.5. The Balaban J connectivity index is 1.67. The normalized spacial score (nSPS) is 11.6. The molecule has 0 saturated carbocycles. The predicted molar refractivity (Wildman–Crippen MR) is 101 cm³/mol. The van der Waals surface area contributed by atoms with Gasteiger partial charge < -0.3 is 5.11 Å². The molecule has 0 fully saturated rings. The molecule has 0 amide bonds. The van der Waals surface area contributed by atoms with Gasteiger partial charge in [0.25, 0.3) is 0 Å². The minimum atomic E-state index is -4.37. The number of hydrogen-bond donors (Lipinski definition) is 1. The van der Waals surface area contributed by atoms with Gasteiger partial charge in [0.05, 0.1) is 15.5 Å². The number of aryl methyl sites for hydroxylation is 1. The summed E-state index contributed by atoms with van der Waals surface area (Å²) in [6, 6.07) is 13.1. The van der Waals surface area contributed by atoms with Crippen LogP contribution in [0, 0.1) is 0 Å². The summed E-state index contributed by atoms with van der Waals surface area (Å²) >= 11 is 7.10. The van der Waals surface area contributed by atoms with Gasteiger partial charge in [0, 0.05) is 11.3 Å². The van der Waals surface area contributed by atoms with Gasteiger partial charge in [0.15, 0.2) is 5.78 Å². The Morgan fingerprint density at radius 2 is 1.74 bits per heavy atom. The minimum Gasteiger partial charge on any atom is -0.506 e. The molecule has 1 heterocycles. The van der Waals surface area contributed by atoms with Gasteiger partial charge in [-0.15, -0.1) is 11.3 Å². The van der Waals surface area contributed by atoms with Crippen LogP contribution in [0.15, 0.2) is 54.6 Å². The molecule has 140 valence electrons. The van der Waals surface area contributed by atoms with Crippen LogP contribution in [0.1, 0.15) is 27.2 Å². The van der Waals surface area contributed by atoms with Crippen LogP contribution in [0.5, 0.6) is 5.75 Å². The second-order valence-electron chi connectivity index (χ2n) is 5.95. The van der Waals surface area contributed by atoms with Crippen LogP contribution in [0.2, 0.25) is 5.02 Å². The molecule has 0 aliphatic carbocycles. The summed E-state index contributed by atoms with van der Waals surface area (Å²) in [7, 11) is 0. The van der Waals surface area contributed by atoms with Gasteiger partial charge in [-0.2, -0.15) is 13.2 Å². The zero-order valence-electron chi connectivity index (χ0n) is 13.9. The molecule has 1 N–H and O–H groups in total. The van der Waals surface area contributed by atoms with E-state index >= 15 is 0 Å². The van der Waals surface area contributed by atoms with E-state index in [2.05, 4.69) is 0 Å². The lowest BCUT2D eigenvalue weighted by molar-refractivity contribution is -0.137. The van der Waals surface area contributed by atoms with Gasteiger partial charge in [-0.05, 0) is 53.9 Å². The molecule has 2 aromatic carbocycles. The summed E-state index contributed by atoms with van der Waals surface area (Å²) in [6.07, 6.45) is -3.62. The van der Waals surface area contributed by atoms with Crippen LogP contribution in [0.4, 0.5) is 13.2 Å². The van der Waals surface area contributed by atoms with Crippen molar-refractivity contribution in [2.75, 3.05) is 0 Å². The second-order valence-corrected chi connectivity index (χ2v) is 7.44. The van der Waals surface area contributed by atoms with Crippen molar-refractivity contribution in [3.05, 3.63) is 75.6 Å². The largest absolute Gasteiger partial charge is 0.506 e. The average molecular weight is 411 g/mol. The monoisotopic (exact) mass is 410 g/mol. The highest BCUT2D eigenvalue weighted by atomic mass is 35.5. The first-order chi connectivity index (χ1) is 12.7. The number of carbonyl (C=O) groups is 1. The number of aromatic hydroxyl groups is 1. The lowest BCUT2D eigenvalue weighted by Gasteiger charge is -2.06. The second kappa shape index (κ2) is 7.74. The van der Waals surface area contributed by atoms with Crippen LogP contribution >= 0.6 is 22.9 Å². The Morgan fingerprint density at radius 1 is 1.04 bits per heavy atom. The van der Waals surface area contributed by atoms with Gasteiger partial charge in [0.1, 0.15) is 5.75 Å². The number of Topliss-reactive ketones (excluding diaryl/α,β-unsaturated/α-hetero) is 1. The molecule has 0 saturated heterocycles. The number of alkyl halides is 3. The number of carbonyl (C=O) groups excluding carboxylic acids is 1. The van der Waals surface area contributed by atoms with Gasteiger partial charge in [-0.1, -0.05) is 29.8 Å². The molecule has 0 bridgehead atoms. The number of benzene rings is 2. The number of ketones is 1. The maximum absolute atomic E-state index is 12.6. The van der Waals surface area contributed by atoms with Crippen LogP contribution < -0.4 is 0 Å².